The fourth-order valence-electron chi connectivity index (χ4n) is 6.51. The minimum absolute atomic E-state index is 0. The van der Waals surface area contributed by atoms with Gasteiger partial charge in [-0.3, -0.25) is 8.37 Å². The molecule has 265 valence electrons. The number of fused-ring (bicyclic) bond motifs is 8. The van der Waals surface area contributed by atoms with Crippen LogP contribution in [-0.4, -0.2) is 52.5 Å². The first-order chi connectivity index (χ1) is 22.6. The van der Waals surface area contributed by atoms with E-state index in [1.165, 1.54) is 5.56 Å². The zero-order valence-corrected chi connectivity index (χ0v) is 32.0. The van der Waals surface area contributed by atoms with Gasteiger partial charge in [-0.25, -0.2) is 9.97 Å². The Morgan fingerprint density at radius 2 is 1.02 bits per heavy atom. The van der Waals surface area contributed by atoms with Crippen molar-refractivity contribution in [2.75, 3.05) is 25.7 Å². The zero-order chi connectivity index (χ0) is 35.0. The molecule has 0 N–H and O–H groups in total. The Labute approximate surface area is 300 Å². The molecule has 0 aliphatic carbocycles. The number of nitrogens with zero attached hydrogens (tertiary/aromatic N) is 4. The van der Waals surface area contributed by atoms with E-state index in [-0.39, 0.29) is 30.0 Å². The number of hydrogen-bond donors (Lipinski definition) is 0. The van der Waals surface area contributed by atoms with Crippen molar-refractivity contribution < 1.29 is 42.0 Å². The van der Waals surface area contributed by atoms with Crippen LogP contribution < -0.4 is 9.97 Å². The second-order valence-corrected chi connectivity index (χ2v) is 15.8. The molecule has 2 aliphatic rings. The summed E-state index contributed by atoms with van der Waals surface area (Å²) in [5.74, 6) is 0. The third-order valence-corrected chi connectivity index (χ3v) is 10.3. The molecule has 0 atom stereocenters. The van der Waals surface area contributed by atoms with Crippen LogP contribution in [0, 0.1) is 13.8 Å². The Bertz CT molecular complexity index is 2210. The molecule has 10 nitrogen and oxygen atoms in total. The van der Waals surface area contributed by atoms with E-state index in [0.29, 0.717) is 25.7 Å². The van der Waals surface area contributed by atoms with Gasteiger partial charge in [-0.05, 0) is 88.5 Å². The van der Waals surface area contributed by atoms with Crippen molar-refractivity contribution in [2.24, 2.45) is 0 Å². The van der Waals surface area contributed by atoms with Crippen molar-refractivity contribution in [3.05, 3.63) is 69.3 Å². The van der Waals surface area contributed by atoms with Gasteiger partial charge in [-0.2, -0.15) is 16.8 Å². The van der Waals surface area contributed by atoms with E-state index in [2.05, 4.69) is 33.8 Å². The van der Waals surface area contributed by atoms with Gasteiger partial charge in [-0.1, -0.05) is 60.4 Å². The van der Waals surface area contributed by atoms with Gasteiger partial charge in [0.15, 0.2) is 0 Å². The van der Waals surface area contributed by atoms with Crippen molar-refractivity contribution in [3.8, 4) is 0 Å². The number of allylic oxidation sites excluding steroid dienone is 4. The number of aryl methyl sites for hydroxylation is 4. The largest absolute Gasteiger partial charge is 2.00 e. The summed E-state index contributed by atoms with van der Waals surface area (Å²) >= 11 is 0. The Morgan fingerprint density at radius 3 is 1.55 bits per heavy atom. The van der Waals surface area contributed by atoms with Gasteiger partial charge >= 0.3 is 16.8 Å². The second-order valence-electron chi connectivity index (χ2n) is 12.5. The van der Waals surface area contributed by atoms with E-state index in [4.69, 9.17) is 28.3 Å². The van der Waals surface area contributed by atoms with Gasteiger partial charge in [0.2, 0.25) is 0 Å². The first-order valence-corrected chi connectivity index (χ1v) is 20.0. The molecule has 49 heavy (non-hydrogen) atoms. The van der Waals surface area contributed by atoms with E-state index < -0.39 is 20.2 Å². The van der Waals surface area contributed by atoms with Crippen LogP contribution in [0.5, 0.6) is 0 Å². The molecule has 5 rings (SSSR count). The number of rotatable bonds is 12. The van der Waals surface area contributed by atoms with Crippen molar-refractivity contribution >= 4 is 64.6 Å². The second kappa shape index (κ2) is 15.4. The van der Waals surface area contributed by atoms with E-state index in [1.54, 1.807) is 0 Å². The minimum atomic E-state index is -3.55. The zero-order valence-electron chi connectivity index (χ0n) is 29.4. The van der Waals surface area contributed by atoms with Crippen molar-refractivity contribution in [1.29, 1.82) is 0 Å². The monoisotopic (exact) mass is 751 g/mol. The SMILES string of the molecule is CCC1=C(C)c2cc3[n-]c(cc4nc(cc5[n-]c(cc1n2)c(C)c5CCCOS(C)(=O)=O)C(CCCOS(C)(=O)=O)=C4C)c(C)c3CC.[Co+2]. The summed E-state index contributed by atoms with van der Waals surface area (Å²) in [6, 6.07) is 8.14. The molecule has 0 amide bonds. The van der Waals surface area contributed by atoms with E-state index in [0.717, 1.165) is 109 Å². The van der Waals surface area contributed by atoms with Crippen LogP contribution in [0.4, 0.5) is 0 Å². The van der Waals surface area contributed by atoms with Crippen LogP contribution in [0.3, 0.4) is 0 Å². The summed E-state index contributed by atoms with van der Waals surface area (Å²) in [4.78, 5) is 20.4. The van der Waals surface area contributed by atoms with Gasteiger partial charge in [0, 0.05) is 0 Å². The van der Waals surface area contributed by atoms with E-state index >= 15 is 0 Å². The van der Waals surface area contributed by atoms with Crippen molar-refractivity contribution in [1.82, 2.24) is 19.9 Å². The molecular formula is C36H44CoN4O6S2. The smallest absolute Gasteiger partial charge is 0.657 e. The fraction of sp³-hybridized carbons (Fsp3) is 0.444. The Balaban J connectivity index is 0.00000541. The van der Waals surface area contributed by atoms with Crippen LogP contribution in [-0.2, 0) is 58.2 Å². The quantitative estimate of drug-likeness (QED) is 0.145. The predicted octanol–water partition coefficient (Wildman–Crippen LogP) is 6.69. The van der Waals surface area contributed by atoms with Crippen LogP contribution in [0.2, 0.25) is 0 Å². The molecule has 3 aromatic heterocycles. The van der Waals surface area contributed by atoms with E-state index in [1.807, 2.05) is 32.0 Å². The molecule has 0 saturated carbocycles. The molecule has 0 fully saturated rings. The van der Waals surface area contributed by atoms with Gasteiger partial charge < -0.3 is 9.97 Å². The molecule has 1 radical (unpaired) electrons. The molecule has 13 heteroatoms. The third-order valence-electron chi connectivity index (χ3n) is 9.09. The minimum Gasteiger partial charge on any atom is -0.657 e. The maximum Gasteiger partial charge on any atom is 2.00 e. The Morgan fingerprint density at radius 1 is 0.592 bits per heavy atom. The first kappa shape index (κ1) is 38.7. The molecule has 0 spiro atoms. The molecular weight excluding hydrogens is 707 g/mol. The summed E-state index contributed by atoms with van der Waals surface area (Å²) in [6.07, 6.45) is 5.81. The molecule has 0 aromatic carbocycles. The standard InChI is InChI=1S/C36H44N4O6S2.Co/c1-9-25-21(3)29-17-30-23(5)27(13-11-15-45-47(7,41)42)35(39-30)20-36-28(14-12-16-46-48(8,43)44)24(6)32(40-36)19-34-26(10-2)22(4)31(38-34)18-33(25)37-29;/h17-20H,9-16H2,1-8H3;/q-2;+2. The van der Waals surface area contributed by atoms with Crippen LogP contribution in [0.15, 0.2) is 24.3 Å². The summed E-state index contributed by atoms with van der Waals surface area (Å²) in [5.41, 5.74) is 15.1. The maximum absolute atomic E-state index is 11.6. The van der Waals surface area contributed by atoms with Gasteiger partial charge in [0.1, 0.15) is 0 Å². The maximum atomic E-state index is 11.6. The first-order valence-electron chi connectivity index (χ1n) is 16.3. The summed E-state index contributed by atoms with van der Waals surface area (Å²) in [5, 5.41) is 0. The topological polar surface area (TPSA) is 141 Å². The summed E-state index contributed by atoms with van der Waals surface area (Å²) < 4.78 is 56.5. The fourth-order valence-corrected chi connectivity index (χ4v) is 7.35. The van der Waals surface area contributed by atoms with Gasteiger partial charge in [-0.15, -0.1) is 22.1 Å². The van der Waals surface area contributed by atoms with Crippen LogP contribution in [0.1, 0.15) is 98.4 Å². The third kappa shape index (κ3) is 8.81. The molecule has 2 aliphatic heterocycles. The van der Waals surface area contributed by atoms with Gasteiger partial charge in [0.05, 0.1) is 48.5 Å². The predicted molar refractivity (Wildman–Crippen MR) is 192 cm³/mol. The molecule has 8 bridgehead atoms. The average Bonchev–Trinajstić information content (AvgIpc) is 3.66. The van der Waals surface area contributed by atoms with Crippen molar-refractivity contribution in [3.63, 3.8) is 0 Å². The summed E-state index contributed by atoms with van der Waals surface area (Å²) in [7, 11) is -7.11. The number of aromatic nitrogens is 4. The van der Waals surface area contributed by atoms with Gasteiger partial charge in [0.25, 0.3) is 20.2 Å². The Kier molecular flexibility index (Phi) is 12.2. The summed E-state index contributed by atoms with van der Waals surface area (Å²) in [6.45, 7) is 12.7. The van der Waals surface area contributed by atoms with Crippen LogP contribution >= 0.6 is 0 Å². The number of hydrogen-bond acceptors (Lipinski definition) is 8. The molecule has 0 unspecified atom stereocenters. The normalized spacial score (nSPS) is 13.7. The van der Waals surface area contributed by atoms with Crippen LogP contribution in [0.25, 0.3) is 44.4 Å². The van der Waals surface area contributed by atoms with E-state index in [9.17, 15) is 16.8 Å². The molecule has 5 heterocycles. The van der Waals surface area contributed by atoms with Crippen molar-refractivity contribution in [2.45, 2.75) is 80.1 Å². The average molecular weight is 752 g/mol. The molecule has 3 aromatic rings. The Hall–Kier alpha value is -3.07. The molecule has 0 saturated heterocycles.